The van der Waals surface area contributed by atoms with Gasteiger partial charge in [0.25, 0.3) is 5.91 Å². The number of amides is 2. The quantitative estimate of drug-likeness (QED) is 0.406. The van der Waals surface area contributed by atoms with E-state index in [1.807, 2.05) is 19.2 Å². The van der Waals surface area contributed by atoms with E-state index in [0.29, 0.717) is 21.8 Å². The predicted molar refractivity (Wildman–Crippen MR) is 121 cm³/mol. The molecule has 4 aromatic rings. The monoisotopic (exact) mass is 454 g/mol. The zero-order valence-electron chi connectivity index (χ0n) is 17.3. The third-order valence-corrected chi connectivity index (χ3v) is 5.84. The molecule has 0 saturated heterocycles. The van der Waals surface area contributed by atoms with Gasteiger partial charge in [-0.05, 0) is 41.6 Å². The average Bonchev–Trinajstić information content (AvgIpc) is 3.41. The van der Waals surface area contributed by atoms with E-state index < -0.39 is 17.7 Å². The highest BCUT2D eigenvalue weighted by molar-refractivity contribution is 7.12. The molecule has 2 heterocycles. The first-order chi connectivity index (χ1) is 15.3. The van der Waals surface area contributed by atoms with Crippen LogP contribution in [0.25, 0.3) is 11.0 Å². The molecule has 0 radical (unpaired) electrons. The first-order valence-electron chi connectivity index (χ1n) is 9.91. The van der Waals surface area contributed by atoms with E-state index in [0.717, 1.165) is 12.1 Å². The van der Waals surface area contributed by atoms with Gasteiger partial charge in [0.15, 0.2) is 11.6 Å². The Morgan fingerprint density at radius 2 is 1.66 bits per heavy atom. The molecule has 0 aliphatic carbocycles. The van der Waals surface area contributed by atoms with Crippen molar-refractivity contribution in [2.24, 2.45) is 5.92 Å². The lowest BCUT2D eigenvalue weighted by Gasteiger charge is -2.22. The lowest BCUT2D eigenvalue weighted by molar-refractivity contribution is -0.120. The molecule has 0 bridgehead atoms. The summed E-state index contributed by atoms with van der Waals surface area (Å²) in [6.07, 6.45) is 1.41. The smallest absolute Gasteiger partial charge is 0.265 e. The molecule has 0 aliphatic heterocycles. The molecule has 9 heteroatoms. The van der Waals surface area contributed by atoms with Gasteiger partial charge in [-0.15, -0.1) is 11.3 Å². The van der Waals surface area contributed by atoms with Gasteiger partial charge in [-0.25, -0.2) is 13.8 Å². The van der Waals surface area contributed by atoms with Crippen molar-refractivity contribution < 1.29 is 18.4 Å². The minimum atomic E-state index is -0.998. The Bertz CT molecular complexity index is 1270. The van der Waals surface area contributed by atoms with E-state index in [9.17, 15) is 18.4 Å². The van der Waals surface area contributed by atoms with Gasteiger partial charge in [0, 0.05) is 23.5 Å². The van der Waals surface area contributed by atoms with Gasteiger partial charge in [-0.3, -0.25) is 9.59 Å². The van der Waals surface area contributed by atoms with Crippen LogP contribution in [0.4, 0.5) is 20.2 Å². The lowest BCUT2D eigenvalue weighted by atomic mass is 10.0. The Kier molecular flexibility index (Phi) is 6.00. The van der Waals surface area contributed by atoms with Gasteiger partial charge >= 0.3 is 0 Å². The number of aromatic nitrogens is 2. The minimum Gasteiger partial charge on any atom is -0.324 e. The third-order valence-electron chi connectivity index (χ3n) is 4.97. The molecule has 2 N–H and O–H groups in total. The van der Waals surface area contributed by atoms with Crippen LogP contribution in [-0.2, 0) is 4.79 Å². The van der Waals surface area contributed by atoms with Crippen LogP contribution in [0.5, 0.6) is 0 Å². The maximum absolute atomic E-state index is 13.8. The summed E-state index contributed by atoms with van der Waals surface area (Å²) in [6, 6.07) is 11.7. The molecule has 1 unspecified atom stereocenters. The number of imidazole rings is 1. The molecule has 0 fully saturated rings. The summed E-state index contributed by atoms with van der Waals surface area (Å²) in [7, 11) is 0. The van der Waals surface area contributed by atoms with Gasteiger partial charge in [0.1, 0.15) is 6.04 Å². The number of benzene rings is 2. The van der Waals surface area contributed by atoms with Crippen molar-refractivity contribution in [3.63, 3.8) is 0 Å². The summed E-state index contributed by atoms with van der Waals surface area (Å²) in [4.78, 5) is 29.9. The van der Waals surface area contributed by atoms with Crippen molar-refractivity contribution in [3.8, 4) is 0 Å². The number of rotatable bonds is 6. The number of nitrogens with one attached hydrogen (secondary N) is 2. The molecule has 0 spiro atoms. The number of nitrogens with zero attached hydrogens (tertiary/aromatic N) is 2. The number of carbonyl (C=O) groups excluding carboxylic acids is 2. The Balaban J connectivity index is 1.51. The van der Waals surface area contributed by atoms with Crippen molar-refractivity contribution in [1.29, 1.82) is 0 Å². The molecule has 4 rings (SSSR count). The number of carbonyl (C=O) groups is 2. The summed E-state index contributed by atoms with van der Waals surface area (Å²) in [5.74, 6) is -2.65. The van der Waals surface area contributed by atoms with Crippen LogP contribution in [0, 0.1) is 17.6 Å². The highest BCUT2D eigenvalue weighted by Crippen LogP contribution is 2.27. The number of thiophene rings is 1. The van der Waals surface area contributed by atoms with Gasteiger partial charge < -0.3 is 15.2 Å². The van der Waals surface area contributed by atoms with Crippen LogP contribution < -0.4 is 10.6 Å². The summed E-state index contributed by atoms with van der Waals surface area (Å²) in [6.45, 7) is 3.72. The molecule has 0 saturated carbocycles. The summed E-state index contributed by atoms with van der Waals surface area (Å²) in [5.41, 5.74) is 1.74. The van der Waals surface area contributed by atoms with Crippen LogP contribution in [-0.4, -0.2) is 21.4 Å². The highest BCUT2D eigenvalue weighted by atomic mass is 32.1. The molecule has 0 aliphatic rings. The van der Waals surface area contributed by atoms with E-state index in [-0.39, 0.29) is 23.2 Å². The SMILES string of the molecule is CC(C)C(C(=O)Nc1ccc(NC(=O)c2cccs2)cc1)n1cnc2cc(F)c(F)cc21. The fourth-order valence-electron chi connectivity index (χ4n) is 3.45. The molecule has 2 aromatic heterocycles. The summed E-state index contributed by atoms with van der Waals surface area (Å²) < 4.78 is 28.9. The standard InChI is InChI=1S/C23H20F2N4O2S/c1-13(2)21(29-12-26-18-10-16(24)17(25)11-19(18)29)23(31)28-15-7-5-14(6-8-15)27-22(30)20-4-3-9-32-20/h3-13,21H,1-2H3,(H,27,30)(H,28,31). The van der Waals surface area contributed by atoms with Crippen molar-refractivity contribution in [1.82, 2.24) is 9.55 Å². The second kappa shape index (κ2) is 8.88. The van der Waals surface area contributed by atoms with E-state index in [4.69, 9.17) is 0 Å². The van der Waals surface area contributed by atoms with Crippen molar-refractivity contribution in [2.75, 3.05) is 10.6 Å². The number of hydrogen-bond acceptors (Lipinski definition) is 4. The Hall–Kier alpha value is -3.59. The minimum absolute atomic E-state index is 0.148. The first-order valence-corrected chi connectivity index (χ1v) is 10.8. The fourth-order valence-corrected chi connectivity index (χ4v) is 4.07. The zero-order valence-corrected chi connectivity index (χ0v) is 18.1. The molecule has 6 nitrogen and oxygen atoms in total. The van der Waals surface area contributed by atoms with E-state index in [1.165, 1.54) is 17.7 Å². The van der Waals surface area contributed by atoms with Crippen LogP contribution in [0.3, 0.4) is 0 Å². The van der Waals surface area contributed by atoms with Crippen LogP contribution in [0.1, 0.15) is 29.6 Å². The van der Waals surface area contributed by atoms with Gasteiger partial charge in [0.05, 0.1) is 22.2 Å². The topological polar surface area (TPSA) is 76.0 Å². The largest absolute Gasteiger partial charge is 0.324 e. The molecule has 164 valence electrons. The lowest BCUT2D eigenvalue weighted by Crippen LogP contribution is -2.29. The summed E-state index contributed by atoms with van der Waals surface area (Å²) >= 11 is 1.35. The van der Waals surface area contributed by atoms with Crippen LogP contribution >= 0.6 is 11.3 Å². The fraction of sp³-hybridized carbons (Fsp3) is 0.174. The Morgan fingerprint density at radius 3 is 2.28 bits per heavy atom. The zero-order chi connectivity index (χ0) is 22.8. The second-order valence-corrected chi connectivity index (χ2v) is 8.54. The molecule has 2 aromatic carbocycles. The van der Waals surface area contributed by atoms with Crippen molar-refractivity contribution >= 4 is 45.6 Å². The normalized spacial score (nSPS) is 12.2. The first kappa shape index (κ1) is 21.6. The van der Waals surface area contributed by atoms with Gasteiger partial charge in [-0.2, -0.15) is 0 Å². The maximum atomic E-state index is 13.8. The van der Waals surface area contributed by atoms with E-state index in [1.54, 1.807) is 41.0 Å². The number of fused-ring (bicyclic) bond motifs is 1. The highest BCUT2D eigenvalue weighted by Gasteiger charge is 2.26. The summed E-state index contributed by atoms with van der Waals surface area (Å²) in [5, 5.41) is 7.47. The Morgan fingerprint density at radius 1 is 1.00 bits per heavy atom. The molecule has 32 heavy (non-hydrogen) atoms. The van der Waals surface area contributed by atoms with E-state index in [2.05, 4.69) is 15.6 Å². The predicted octanol–water partition coefficient (Wildman–Crippen LogP) is 5.46. The molecule has 2 amide bonds. The van der Waals surface area contributed by atoms with Gasteiger partial charge in [0.2, 0.25) is 5.91 Å². The van der Waals surface area contributed by atoms with Crippen LogP contribution in [0.15, 0.2) is 60.2 Å². The Labute approximate surface area is 186 Å². The number of hydrogen-bond donors (Lipinski definition) is 2. The average molecular weight is 455 g/mol. The number of anilines is 2. The third kappa shape index (κ3) is 4.38. The maximum Gasteiger partial charge on any atom is 0.265 e. The molecule has 1 atom stereocenters. The van der Waals surface area contributed by atoms with Crippen LogP contribution in [0.2, 0.25) is 0 Å². The number of halogens is 2. The molecular formula is C23H20F2N4O2S. The van der Waals surface area contributed by atoms with Crippen molar-refractivity contribution in [3.05, 3.63) is 76.7 Å². The second-order valence-electron chi connectivity index (χ2n) is 7.59. The van der Waals surface area contributed by atoms with Crippen molar-refractivity contribution in [2.45, 2.75) is 19.9 Å². The molecular weight excluding hydrogens is 434 g/mol. The van der Waals surface area contributed by atoms with Gasteiger partial charge in [-0.1, -0.05) is 19.9 Å². The van der Waals surface area contributed by atoms with E-state index >= 15 is 0 Å².